The number of likely N-dealkylation sites (N-methyl/N-ethyl adjacent to an activating group) is 1. The van der Waals surface area contributed by atoms with Gasteiger partial charge >= 0.3 is 12.1 Å². The second-order valence-corrected chi connectivity index (χ2v) is 11.9. The molecule has 2 unspecified atom stereocenters. The van der Waals surface area contributed by atoms with Crippen molar-refractivity contribution in [2.45, 2.75) is 69.9 Å². The van der Waals surface area contributed by atoms with Crippen molar-refractivity contribution in [3.8, 4) is 0 Å². The number of benzene rings is 1. The lowest BCUT2D eigenvalue weighted by Gasteiger charge is -2.48. The first kappa shape index (κ1) is 29.0. The first-order chi connectivity index (χ1) is 18.4. The number of rotatable bonds is 11. The summed E-state index contributed by atoms with van der Waals surface area (Å²) in [6.07, 6.45) is 10.2. The molecule has 4 fully saturated rings. The molecule has 1 aliphatic heterocycles. The molecule has 3 saturated carbocycles. The number of nitrogens with zero attached hydrogens (tertiary/aromatic N) is 1. The van der Waals surface area contributed by atoms with Crippen LogP contribution in [-0.2, 0) is 9.47 Å². The Kier molecular flexibility index (Phi) is 10.6. The molecule has 3 N–H and O–H groups in total. The van der Waals surface area contributed by atoms with Gasteiger partial charge in [-0.05, 0) is 93.9 Å². The average molecular weight is 549 g/mol. The van der Waals surface area contributed by atoms with Crippen molar-refractivity contribution >= 4 is 23.7 Å². The third kappa shape index (κ3) is 7.76. The van der Waals surface area contributed by atoms with Crippen molar-refractivity contribution in [1.29, 1.82) is 0 Å². The van der Waals surface area contributed by atoms with E-state index in [-0.39, 0.29) is 24.1 Å². The number of fused-ring (bicyclic) bond motifs is 3. The normalized spacial score (nSPS) is 26.4. The molecule has 9 heteroatoms. The molecular formula is C29H45ClN4O4. The first-order valence-electron chi connectivity index (χ1n) is 14.3. The van der Waals surface area contributed by atoms with Crippen molar-refractivity contribution in [3.63, 3.8) is 0 Å². The Hall–Kier alpha value is -2.03. The van der Waals surface area contributed by atoms with E-state index in [0.717, 1.165) is 43.8 Å². The maximum atomic E-state index is 13.5. The molecule has 0 aromatic heterocycles. The zero-order chi connectivity index (χ0) is 27.0. The molecule has 4 aliphatic rings. The van der Waals surface area contributed by atoms with Crippen LogP contribution in [0.25, 0.3) is 0 Å². The van der Waals surface area contributed by atoms with Crippen LogP contribution in [0.2, 0.25) is 5.02 Å². The third-order valence-corrected chi connectivity index (χ3v) is 9.15. The molecule has 2 bridgehead atoms. The number of hydrogen-bond donors (Lipinski definition) is 3. The zero-order valence-electron chi connectivity index (χ0n) is 23.0. The summed E-state index contributed by atoms with van der Waals surface area (Å²) < 4.78 is 10.9. The third-order valence-electron chi connectivity index (χ3n) is 8.91. The van der Waals surface area contributed by atoms with Crippen molar-refractivity contribution in [2.24, 2.45) is 17.3 Å². The second kappa shape index (κ2) is 13.9. The highest BCUT2D eigenvalue weighted by Gasteiger charge is 2.42. The Bertz CT molecular complexity index is 910. The van der Waals surface area contributed by atoms with E-state index in [1.165, 1.54) is 45.6 Å². The Labute approximate surface area is 232 Å². The van der Waals surface area contributed by atoms with Crippen LogP contribution in [0.4, 0.5) is 9.59 Å². The van der Waals surface area contributed by atoms with E-state index in [4.69, 9.17) is 16.3 Å². The monoisotopic (exact) mass is 548 g/mol. The van der Waals surface area contributed by atoms with Crippen molar-refractivity contribution < 1.29 is 19.1 Å². The topological polar surface area (TPSA) is 91.9 Å². The van der Waals surface area contributed by atoms with Gasteiger partial charge in [-0.1, -0.05) is 23.7 Å². The van der Waals surface area contributed by atoms with Crippen LogP contribution >= 0.6 is 11.6 Å². The van der Waals surface area contributed by atoms with Crippen molar-refractivity contribution in [3.05, 3.63) is 34.9 Å². The van der Waals surface area contributed by atoms with Crippen LogP contribution in [-0.4, -0.2) is 70.0 Å². The molecule has 212 valence electrons. The highest BCUT2D eigenvalue weighted by molar-refractivity contribution is 6.30. The van der Waals surface area contributed by atoms with Gasteiger partial charge in [0.25, 0.3) is 0 Å². The summed E-state index contributed by atoms with van der Waals surface area (Å²) in [5.41, 5.74) is 1.39. The van der Waals surface area contributed by atoms with Gasteiger partial charge in [-0.3, -0.25) is 0 Å². The Morgan fingerprint density at radius 2 is 1.95 bits per heavy atom. The first-order valence-corrected chi connectivity index (χ1v) is 14.7. The molecule has 0 radical (unpaired) electrons. The van der Waals surface area contributed by atoms with Crippen LogP contribution in [0.3, 0.4) is 0 Å². The summed E-state index contributed by atoms with van der Waals surface area (Å²) in [7, 11) is 3.31. The SMILES string of the molecule is CNCC(CC12CCC(CC1)CC2)NC(=O)N1CCC[C@@H](C(OCCNC(=O)OC)c2cccc(Cl)c2)C1. The maximum Gasteiger partial charge on any atom is 0.406 e. The predicted octanol–water partition coefficient (Wildman–Crippen LogP) is 5.12. The standard InChI is InChI=1S/C29H45ClN4O4/c1-31-19-25(18-29-11-8-21(9-12-29)10-13-29)33-27(35)34-15-4-6-23(20-34)26(22-5-3-7-24(30)17-22)38-16-14-32-28(36)37-2/h3,5,7,17,21,23,25-26,31H,4,6,8-16,18-20H2,1-2H3,(H,32,36)(H,33,35)/t21?,23-,25?,26?,29?/m1/s1. The minimum absolute atomic E-state index is 0.0213. The highest BCUT2D eigenvalue weighted by Crippen LogP contribution is 2.52. The van der Waals surface area contributed by atoms with Crippen LogP contribution in [0, 0.1) is 17.3 Å². The number of nitrogens with one attached hydrogen (secondary N) is 3. The highest BCUT2D eigenvalue weighted by atomic mass is 35.5. The lowest BCUT2D eigenvalue weighted by molar-refractivity contribution is -0.00888. The molecule has 1 aromatic rings. The zero-order valence-corrected chi connectivity index (χ0v) is 23.7. The van der Waals surface area contributed by atoms with E-state index in [9.17, 15) is 9.59 Å². The summed E-state index contributed by atoms with van der Waals surface area (Å²) in [5, 5.41) is 10.0. The van der Waals surface area contributed by atoms with Gasteiger partial charge in [0, 0.05) is 43.2 Å². The molecule has 1 aromatic carbocycles. The van der Waals surface area contributed by atoms with Crippen LogP contribution in [0.5, 0.6) is 0 Å². The number of carbonyl (C=O) groups is 2. The van der Waals surface area contributed by atoms with Crippen molar-refractivity contribution in [1.82, 2.24) is 20.9 Å². The van der Waals surface area contributed by atoms with E-state index < -0.39 is 6.09 Å². The lowest BCUT2D eigenvalue weighted by Crippen LogP contribution is -2.53. The minimum Gasteiger partial charge on any atom is -0.453 e. The number of urea groups is 1. The molecule has 8 nitrogen and oxygen atoms in total. The van der Waals surface area contributed by atoms with Crippen LogP contribution < -0.4 is 16.0 Å². The summed E-state index contributed by atoms with van der Waals surface area (Å²) in [5.74, 6) is 1.06. The molecular weight excluding hydrogens is 504 g/mol. The quantitative estimate of drug-likeness (QED) is 0.334. The number of hydrogen-bond acceptors (Lipinski definition) is 5. The second-order valence-electron chi connectivity index (χ2n) is 11.5. The molecule has 38 heavy (non-hydrogen) atoms. The Morgan fingerprint density at radius 3 is 2.63 bits per heavy atom. The van der Waals surface area contributed by atoms with E-state index in [1.54, 1.807) is 0 Å². The lowest BCUT2D eigenvalue weighted by atomic mass is 9.58. The number of likely N-dealkylation sites (tertiary alicyclic amines) is 1. The summed E-state index contributed by atoms with van der Waals surface area (Å²) in [4.78, 5) is 26.9. The fraction of sp³-hybridized carbons (Fsp3) is 0.724. The molecule has 1 heterocycles. The summed E-state index contributed by atoms with van der Waals surface area (Å²) >= 11 is 6.31. The molecule has 1 saturated heterocycles. The maximum absolute atomic E-state index is 13.5. The average Bonchev–Trinajstić information content (AvgIpc) is 2.94. The largest absolute Gasteiger partial charge is 0.453 e. The number of methoxy groups -OCH3 is 1. The van der Waals surface area contributed by atoms with Crippen LogP contribution in [0.1, 0.15) is 69.5 Å². The van der Waals surface area contributed by atoms with E-state index in [1.807, 2.05) is 36.2 Å². The summed E-state index contributed by atoms with van der Waals surface area (Å²) in [6, 6.07) is 7.88. The number of halogens is 1. The molecule has 3 atom stereocenters. The van der Waals surface area contributed by atoms with Gasteiger partial charge in [-0.15, -0.1) is 0 Å². The van der Waals surface area contributed by atoms with E-state index in [2.05, 4.69) is 20.7 Å². The number of amides is 3. The Morgan fingerprint density at radius 1 is 1.18 bits per heavy atom. The fourth-order valence-corrected chi connectivity index (χ4v) is 7.09. The van der Waals surface area contributed by atoms with Crippen LogP contribution in [0.15, 0.2) is 24.3 Å². The van der Waals surface area contributed by atoms with Gasteiger partial charge in [0.15, 0.2) is 0 Å². The van der Waals surface area contributed by atoms with E-state index in [0.29, 0.717) is 30.1 Å². The fourth-order valence-electron chi connectivity index (χ4n) is 6.90. The van der Waals surface area contributed by atoms with Gasteiger partial charge in [0.2, 0.25) is 0 Å². The van der Waals surface area contributed by atoms with Gasteiger partial charge in [-0.25, -0.2) is 9.59 Å². The number of piperidine rings is 1. The number of ether oxygens (including phenoxy) is 2. The molecule has 3 aliphatic carbocycles. The van der Waals surface area contributed by atoms with Gasteiger partial charge in [0.1, 0.15) is 0 Å². The Balaban J connectivity index is 1.38. The van der Waals surface area contributed by atoms with Crippen molar-refractivity contribution in [2.75, 3.05) is 46.9 Å². The number of alkyl carbamates (subject to hydrolysis) is 1. The predicted molar refractivity (Wildman–Crippen MR) is 149 cm³/mol. The number of carbonyl (C=O) groups excluding carboxylic acids is 2. The smallest absolute Gasteiger partial charge is 0.406 e. The van der Waals surface area contributed by atoms with Gasteiger partial charge < -0.3 is 30.3 Å². The minimum atomic E-state index is -0.481. The molecule has 0 spiro atoms. The summed E-state index contributed by atoms with van der Waals surface area (Å²) in [6.45, 7) is 2.83. The van der Waals surface area contributed by atoms with E-state index >= 15 is 0 Å². The van der Waals surface area contributed by atoms with Gasteiger partial charge in [0.05, 0.1) is 19.8 Å². The molecule has 5 rings (SSSR count). The van der Waals surface area contributed by atoms with Gasteiger partial charge in [-0.2, -0.15) is 0 Å². The molecule has 3 amide bonds.